The van der Waals surface area contributed by atoms with E-state index in [4.69, 9.17) is 9.47 Å². The van der Waals surface area contributed by atoms with Gasteiger partial charge in [0, 0.05) is 12.5 Å². The van der Waals surface area contributed by atoms with Gasteiger partial charge >= 0.3 is 6.09 Å². The highest BCUT2D eigenvalue weighted by atomic mass is 16.5. The minimum Gasteiger partial charge on any atom is -0.499 e. The molecule has 2 heterocycles. The highest BCUT2D eigenvalue weighted by molar-refractivity contribution is 5.94. The Morgan fingerprint density at radius 1 is 1.07 bits per heavy atom. The summed E-state index contributed by atoms with van der Waals surface area (Å²) >= 11 is 0. The lowest BCUT2D eigenvalue weighted by molar-refractivity contribution is -0.145. The first-order valence-electron chi connectivity index (χ1n) is 15.2. The van der Waals surface area contributed by atoms with E-state index in [-0.39, 0.29) is 48.4 Å². The quantitative estimate of drug-likeness (QED) is 0.399. The number of hydrogen-bond donors (Lipinski definition) is 3. The number of carbonyl (C=O) groups excluding carboxylic acids is 4. The Morgan fingerprint density at radius 3 is 2.55 bits per heavy atom. The predicted molar refractivity (Wildman–Crippen MR) is 158 cm³/mol. The Morgan fingerprint density at radius 2 is 1.81 bits per heavy atom. The van der Waals surface area contributed by atoms with Crippen molar-refractivity contribution in [1.29, 1.82) is 0 Å². The fourth-order valence-corrected chi connectivity index (χ4v) is 6.21. The molecule has 42 heavy (non-hydrogen) atoms. The Bertz CT molecular complexity index is 1160. The Labute approximate surface area is 248 Å². The number of aryl methyl sites for hydroxylation is 1. The molecule has 2 fully saturated rings. The topological polar surface area (TPSA) is 126 Å². The van der Waals surface area contributed by atoms with Gasteiger partial charge in [-0.3, -0.25) is 14.4 Å². The van der Waals surface area contributed by atoms with Crippen molar-refractivity contribution in [2.75, 3.05) is 6.61 Å². The van der Waals surface area contributed by atoms with Crippen LogP contribution in [0.5, 0.6) is 0 Å². The molecule has 3 N–H and O–H groups in total. The first-order valence-corrected chi connectivity index (χ1v) is 15.2. The van der Waals surface area contributed by atoms with Crippen molar-refractivity contribution in [3.05, 3.63) is 48.2 Å². The monoisotopic (exact) mass is 582 g/mol. The average Bonchev–Trinajstić information content (AvgIpc) is 3.37. The molecule has 1 aromatic carbocycles. The lowest BCUT2D eigenvalue weighted by Crippen LogP contribution is -2.59. The molecule has 0 unspecified atom stereocenters. The van der Waals surface area contributed by atoms with Gasteiger partial charge in [0.2, 0.25) is 17.7 Å². The van der Waals surface area contributed by atoms with E-state index < -0.39 is 30.1 Å². The zero-order chi connectivity index (χ0) is 30.4. The number of carbonyl (C=O) groups is 4. The summed E-state index contributed by atoms with van der Waals surface area (Å²) in [4.78, 5) is 54.8. The molecule has 1 aliphatic carbocycles. The van der Waals surface area contributed by atoms with Crippen LogP contribution in [0, 0.1) is 5.41 Å². The summed E-state index contributed by atoms with van der Waals surface area (Å²) in [7, 11) is 0. The average molecular weight is 583 g/mol. The smallest absolute Gasteiger partial charge is 0.407 e. The molecule has 4 rings (SSSR count). The molecular weight excluding hydrogens is 536 g/mol. The van der Waals surface area contributed by atoms with E-state index in [1.165, 1.54) is 18.7 Å². The summed E-state index contributed by atoms with van der Waals surface area (Å²) in [6.45, 7) is 11.2. The first kappa shape index (κ1) is 31.4. The van der Waals surface area contributed by atoms with Crippen LogP contribution in [0.15, 0.2) is 37.1 Å². The summed E-state index contributed by atoms with van der Waals surface area (Å²) in [5.41, 5.74) is 2.17. The van der Waals surface area contributed by atoms with Crippen molar-refractivity contribution in [2.45, 2.75) is 115 Å². The van der Waals surface area contributed by atoms with Crippen molar-refractivity contribution < 1.29 is 28.7 Å². The number of fused-ring (bicyclic) bond motifs is 2. The molecule has 230 valence electrons. The second kappa shape index (κ2) is 13.6. The van der Waals surface area contributed by atoms with E-state index in [9.17, 15) is 19.2 Å². The molecule has 0 saturated carbocycles. The minimum atomic E-state index is -0.936. The van der Waals surface area contributed by atoms with Crippen LogP contribution in [0.3, 0.4) is 0 Å². The highest BCUT2D eigenvalue weighted by Crippen LogP contribution is 2.34. The third-order valence-electron chi connectivity index (χ3n) is 8.33. The van der Waals surface area contributed by atoms with Crippen LogP contribution < -0.4 is 16.0 Å². The minimum absolute atomic E-state index is 0.0859. The zero-order valence-corrected chi connectivity index (χ0v) is 25.3. The number of rotatable bonds is 8. The van der Waals surface area contributed by atoms with Gasteiger partial charge in [0.15, 0.2) is 0 Å². The van der Waals surface area contributed by atoms with Gasteiger partial charge in [-0.15, -0.1) is 0 Å². The molecule has 0 spiro atoms. The molecular formula is C32H46N4O6. The molecule has 4 amide bonds. The first-order chi connectivity index (χ1) is 20.0. The van der Waals surface area contributed by atoms with Crippen molar-refractivity contribution >= 4 is 23.8 Å². The maximum absolute atomic E-state index is 14.1. The fourth-order valence-electron chi connectivity index (χ4n) is 6.21. The van der Waals surface area contributed by atoms with E-state index in [0.717, 1.165) is 24.8 Å². The Kier molecular flexibility index (Phi) is 10.2. The predicted octanol–water partition coefficient (Wildman–Crippen LogP) is 3.90. The summed E-state index contributed by atoms with van der Waals surface area (Å²) in [5, 5.41) is 8.59. The van der Waals surface area contributed by atoms with E-state index in [2.05, 4.69) is 34.7 Å². The fraction of sp³-hybridized carbons (Fsp3) is 0.625. The van der Waals surface area contributed by atoms with Gasteiger partial charge < -0.3 is 30.3 Å². The lowest BCUT2D eigenvalue weighted by atomic mass is 9.87. The number of hydrogen-bond acceptors (Lipinski definition) is 6. The van der Waals surface area contributed by atoms with Crippen molar-refractivity contribution in [2.24, 2.45) is 5.41 Å². The highest BCUT2D eigenvalue weighted by Gasteiger charge is 2.46. The number of nitrogens with one attached hydrogen (secondary N) is 3. The SMILES string of the molecule is C=CO[C@@H]1CC[C@H]2CC[C@@H](C(=O)N[C@@H]3CCCc4ccccc43)N2C(=O)[C@@H](NC(=O)[C@H](C)NC(=O)OCC(C)(C)C)C1. The zero-order valence-electron chi connectivity index (χ0n) is 25.3. The van der Waals surface area contributed by atoms with Gasteiger partial charge in [0.1, 0.15) is 24.2 Å². The number of ether oxygens (including phenoxy) is 2. The molecule has 0 aromatic heterocycles. The van der Waals surface area contributed by atoms with Crippen LogP contribution in [0.2, 0.25) is 0 Å². The van der Waals surface area contributed by atoms with Crippen LogP contribution >= 0.6 is 0 Å². The number of amides is 4. The van der Waals surface area contributed by atoms with Crippen molar-refractivity contribution in [3.8, 4) is 0 Å². The molecule has 10 nitrogen and oxygen atoms in total. The second-order valence-corrected chi connectivity index (χ2v) is 12.9. The molecule has 0 radical (unpaired) electrons. The third-order valence-corrected chi connectivity index (χ3v) is 8.33. The number of alkyl carbamates (subject to hydrolysis) is 1. The number of nitrogens with zero attached hydrogens (tertiary/aromatic N) is 1. The van der Waals surface area contributed by atoms with E-state index >= 15 is 0 Å². The van der Waals surface area contributed by atoms with Crippen molar-refractivity contribution in [3.63, 3.8) is 0 Å². The van der Waals surface area contributed by atoms with Gasteiger partial charge in [0.05, 0.1) is 18.9 Å². The summed E-state index contributed by atoms with van der Waals surface area (Å²) in [5.74, 6) is -0.988. The maximum Gasteiger partial charge on any atom is 0.407 e. The third kappa shape index (κ3) is 7.83. The van der Waals surface area contributed by atoms with Gasteiger partial charge in [0.25, 0.3) is 0 Å². The summed E-state index contributed by atoms with van der Waals surface area (Å²) < 4.78 is 10.9. The van der Waals surface area contributed by atoms with E-state index in [1.54, 1.807) is 4.90 Å². The standard InChI is InChI=1S/C32H46N4O6/c1-6-41-23-16-14-22-15-17-27(29(38)34-25-13-9-11-21-10-7-8-12-24(21)25)36(22)30(39)26(18-23)35-28(37)20(2)33-31(40)42-19-32(3,4)5/h6-8,10,12,20,22-23,25-27H,1,9,11,13-19H2,2-5H3,(H,33,40)(H,34,38)(H,35,37)/t20-,22-,23+,25+,26-,27-/m0/s1. The summed E-state index contributed by atoms with van der Waals surface area (Å²) in [6, 6.07) is 5.49. The molecule has 6 atom stereocenters. The van der Waals surface area contributed by atoms with Crippen LogP contribution in [0.1, 0.15) is 89.8 Å². The maximum atomic E-state index is 14.1. The van der Waals surface area contributed by atoms with Gasteiger partial charge in [-0.25, -0.2) is 4.79 Å². The van der Waals surface area contributed by atoms with E-state index in [0.29, 0.717) is 25.7 Å². The van der Waals surface area contributed by atoms with Crippen LogP contribution in [-0.4, -0.2) is 65.6 Å². The lowest BCUT2D eigenvalue weighted by Gasteiger charge is -2.38. The Balaban J connectivity index is 1.46. The molecule has 0 bridgehead atoms. The largest absolute Gasteiger partial charge is 0.499 e. The van der Waals surface area contributed by atoms with Crippen LogP contribution in [0.25, 0.3) is 0 Å². The molecule has 10 heteroatoms. The normalized spacial score (nSPS) is 26.4. The summed E-state index contributed by atoms with van der Waals surface area (Å²) in [6.07, 6.45) is 6.02. The van der Waals surface area contributed by atoms with Gasteiger partial charge in [-0.2, -0.15) is 0 Å². The number of benzene rings is 1. The molecule has 3 aliphatic rings. The van der Waals surface area contributed by atoms with E-state index in [1.807, 2.05) is 32.9 Å². The van der Waals surface area contributed by atoms with Gasteiger partial charge in [-0.1, -0.05) is 51.6 Å². The molecule has 2 saturated heterocycles. The van der Waals surface area contributed by atoms with Crippen LogP contribution in [0.4, 0.5) is 4.79 Å². The van der Waals surface area contributed by atoms with Crippen molar-refractivity contribution in [1.82, 2.24) is 20.9 Å². The molecule has 1 aromatic rings. The van der Waals surface area contributed by atoms with Crippen LogP contribution in [-0.2, 0) is 30.3 Å². The molecule has 2 aliphatic heterocycles. The Hall–Kier alpha value is -3.56. The van der Waals surface area contributed by atoms with Gasteiger partial charge in [-0.05, 0) is 68.4 Å². The second-order valence-electron chi connectivity index (χ2n) is 12.9.